The van der Waals surface area contributed by atoms with E-state index in [2.05, 4.69) is 9.80 Å². The molecule has 0 aromatic heterocycles. The van der Waals surface area contributed by atoms with Crippen LogP contribution in [-0.4, -0.2) is 37.4 Å². The lowest BCUT2D eigenvalue weighted by molar-refractivity contribution is 0.112. The highest BCUT2D eigenvalue weighted by atomic mass is 19.1. The summed E-state index contributed by atoms with van der Waals surface area (Å²) >= 11 is 0. The van der Waals surface area contributed by atoms with E-state index in [1.165, 1.54) is 12.1 Å². The van der Waals surface area contributed by atoms with Gasteiger partial charge in [-0.2, -0.15) is 0 Å². The third-order valence-electron chi connectivity index (χ3n) is 5.41. The van der Waals surface area contributed by atoms with Gasteiger partial charge in [0.25, 0.3) is 0 Å². The number of hydrogen-bond acceptors (Lipinski definition) is 3. The number of para-hydroxylation sites is 1. The van der Waals surface area contributed by atoms with Gasteiger partial charge >= 0.3 is 0 Å². The predicted octanol–water partition coefficient (Wildman–Crippen LogP) is 4.77. The van der Waals surface area contributed by atoms with E-state index in [0.717, 1.165) is 55.3 Å². The van der Waals surface area contributed by atoms with Gasteiger partial charge in [-0.1, -0.05) is 36.4 Å². The predicted molar refractivity (Wildman–Crippen MR) is 111 cm³/mol. The molecule has 3 aromatic rings. The smallest absolute Gasteiger partial charge is 0.152 e. The summed E-state index contributed by atoms with van der Waals surface area (Å²) in [5.74, 6) is -1.12. The van der Waals surface area contributed by atoms with Crippen molar-refractivity contribution < 1.29 is 13.6 Å². The van der Waals surface area contributed by atoms with Crippen LogP contribution in [0.3, 0.4) is 0 Å². The van der Waals surface area contributed by atoms with Crippen molar-refractivity contribution >= 4 is 12.0 Å². The second-order valence-electron chi connectivity index (χ2n) is 7.22. The summed E-state index contributed by atoms with van der Waals surface area (Å²) in [6, 6.07) is 19.0. The molecule has 0 atom stereocenters. The molecule has 0 saturated carbocycles. The lowest BCUT2D eigenvalue weighted by Crippen LogP contribution is -2.46. The fourth-order valence-corrected chi connectivity index (χ4v) is 3.89. The lowest BCUT2D eigenvalue weighted by Gasteiger charge is -2.37. The van der Waals surface area contributed by atoms with E-state index in [4.69, 9.17) is 0 Å². The Hall–Kier alpha value is -3.05. The van der Waals surface area contributed by atoms with Crippen molar-refractivity contribution in [1.29, 1.82) is 0 Å². The van der Waals surface area contributed by atoms with Crippen LogP contribution in [0.5, 0.6) is 0 Å². The summed E-state index contributed by atoms with van der Waals surface area (Å²) in [6.45, 7) is 4.01. The summed E-state index contributed by atoms with van der Waals surface area (Å²) in [7, 11) is 0. The lowest BCUT2D eigenvalue weighted by atomic mass is 9.98. The van der Waals surface area contributed by atoms with Gasteiger partial charge in [-0.15, -0.1) is 0 Å². The Morgan fingerprint density at radius 2 is 1.55 bits per heavy atom. The second-order valence-corrected chi connectivity index (χ2v) is 7.22. The van der Waals surface area contributed by atoms with Crippen molar-refractivity contribution in [3.05, 3.63) is 89.5 Å². The monoisotopic (exact) mass is 392 g/mol. The minimum Gasteiger partial charge on any atom is -0.368 e. The number of rotatable bonds is 5. The Bertz CT molecular complexity index is 1010. The number of nitrogens with zero attached hydrogens (tertiary/aromatic N) is 2. The SMILES string of the molecule is O=Cc1ccccc1N1CCN(Cc2ccccc2-c2ccc(F)cc2F)CC1. The van der Waals surface area contributed by atoms with E-state index >= 15 is 0 Å². The van der Waals surface area contributed by atoms with Crippen molar-refractivity contribution in [2.24, 2.45) is 0 Å². The van der Waals surface area contributed by atoms with Crippen LogP contribution in [-0.2, 0) is 6.54 Å². The molecule has 0 amide bonds. The standard InChI is InChI=1S/C24H22F2N2O/c25-20-9-10-22(23(26)15-20)21-7-3-1-5-18(21)16-27-11-13-28(14-12-27)24-8-4-2-6-19(24)17-29/h1-10,15,17H,11-14,16H2. The first kappa shape index (κ1) is 19.3. The zero-order valence-electron chi connectivity index (χ0n) is 16.0. The summed E-state index contributed by atoms with van der Waals surface area (Å²) in [4.78, 5) is 15.9. The van der Waals surface area contributed by atoms with Gasteiger partial charge in [0.2, 0.25) is 0 Å². The normalized spacial score (nSPS) is 14.8. The van der Waals surface area contributed by atoms with E-state index in [-0.39, 0.29) is 0 Å². The van der Waals surface area contributed by atoms with Crippen molar-refractivity contribution in [2.45, 2.75) is 6.54 Å². The van der Waals surface area contributed by atoms with Crippen molar-refractivity contribution in [2.75, 3.05) is 31.1 Å². The summed E-state index contributed by atoms with van der Waals surface area (Å²) in [5.41, 5.74) is 3.90. The maximum absolute atomic E-state index is 14.3. The fraction of sp³-hybridized carbons (Fsp3) is 0.208. The van der Waals surface area contributed by atoms with E-state index in [1.54, 1.807) is 0 Å². The molecule has 0 unspecified atom stereocenters. The maximum Gasteiger partial charge on any atom is 0.152 e. The van der Waals surface area contributed by atoms with Gasteiger partial charge in [0, 0.05) is 55.6 Å². The molecule has 5 heteroatoms. The van der Waals surface area contributed by atoms with Crippen molar-refractivity contribution in [3.8, 4) is 11.1 Å². The number of carbonyl (C=O) groups is 1. The van der Waals surface area contributed by atoms with Crippen molar-refractivity contribution in [3.63, 3.8) is 0 Å². The van der Waals surface area contributed by atoms with E-state index < -0.39 is 11.6 Å². The third-order valence-corrected chi connectivity index (χ3v) is 5.41. The highest BCUT2D eigenvalue weighted by Gasteiger charge is 2.20. The van der Waals surface area contributed by atoms with Crippen LogP contribution in [0.1, 0.15) is 15.9 Å². The Morgan fingerprint density at radius 3 is 2.31 bits per heavy atom. The minimum atomic E-state index is -0.574. The molecule has 1 saturated heterocycles. The van der Waals surface area contributed by atoms with Gasteiger partial charge in [0.1, 0.15) is 11.6 Å². The van der Waals surface area contributed by atoms with Crippen LogP contribution in [0, 0.1) is 11.6 Å². The second kappa shape index (κ2) is 8.53. The maximum atomic E-state index is 14.3. The molecule has 4 rings (SSSR count). The molecule has 0 bridgehead atoms. The Balaban J connectivity index is 1.48. The van der Waals surface area contributed by atoms with E-state index in [1.807, 2.05) is 48.5 Å². The van der Waals surface area contributed by atoms with Gasteiger partial charge in [-0.05, 0) is 35.4 Å². The largest absolute Gasteiger partial charge is 0.368 e. The van der Waals surface area contributed by atoms with Crippen LogP contribution in [0.25, 0.3) is 11.1 Å². The Kier molecular flexibility index (Phi) is 5.67. The molecule has 0 spiro atoms. The number of hydrogen-bond donors (Lipinski definition) is 0. The molecule has 1 fully saturated rings. The third kappa shape index (κ3) is 4.20. The minimum absolute atomic E-state index is 0.417. The zero-order chi connectivity index (χ0) is 20.2. The topological polar surface area (TPSA) is 23.6 Å². The van der Waals surface area contributed by atoms with Crippen LogP contribution in [0.4, 0.5) is 14.5 Å². The molecule has 0 N–H and O–H groups in total. The first-order valence-corrected chi connectivity index (χ1v) is 9.70. The molecule has 148 valence electrons. The van der Waals surface area contributed by atoms with Gasteiger partial charge in [-0.25, -0.2) is 8.78 Å². The van der Waals surface area contributed by atoms with Crippen LogP contribution < -0.4 is 4.90 Å². The first-order valence-electron chi connectivity index (χ1n) is 9.70. The first-order chi connectivity index (χ1) is 14.2. The molecule has 0 radical (unpaired) electrons. The van der Waals surface area contributed by atoms with Crippen molar-refractivity contribution in [1.82, 2.24) is 4.90 Å². The molecule has 29 heavy (non-hydrogen) atoms. The van der Waals surface area contributed by atoms with Gasteiger partial charge in [0.05, 0.1) is 0 Å². The molecule has 1 aliphatic heterocycles. The number of piperazine rings is 1. The number of anilines is 1. The van der Waals surface area contributed by atoms with E-state index in [9.17, 15) is 13.6 Å². The average Bonchev–Trinajstić information content (AvgIpc) is 2.75. The number of aldehydes is 1. The Morgan fingerprint density at radius 1 is 0.828 bits per heavy atom. The fourth-order valence-electron chi connectivity index (χ4n) is 3.89. The van der Waals surface area contributed by atoms with Gasteiger partial charge in [-0.3, -0.25) is 9.69 Å². The van der Waals surface area contributed by atoms with Gasteiger partial charge in [0.15, 0.2) is 6.29 Å². The number of carbonyl (C=O) groups excluding carboxylic acids is 1. The molecule has 3 nitrogen and oxygen atoms in total. The Labute approximate surface area is 169 Å². The quantitative estimate of drug-likeness (QED) is 0.585. The highest BCUT2D eigenvalue weighted by Crippen LogP contribution is 2.28. The molecular weight excluding hydrogens is 370 g/mol. The van der Waals surface area contributed by atoms with Gasteiger partial charge < -0.3 is 4.90 Å². The molecular formula is C24H22F2N2O. The molecule has 3 aromatic carbocycles. The summed E-state index contributed by atoms with van der Waals surface area (Å²) in [5, 5.41) is 0. The van der Waals surface area contributed by atoms with E-state index in [0.29, 0.717) is 17.7 Å². The van der Waals surface area contributed by atoms with Crippen LogP contribution in [0.15, 0.2) is 66.7 Å². The number of halogens is 2. The summed E-state index contributed by atoms with van der Waals surface area (Å²) in [6.07, 6.45) is 0.898. The molecule has 0 aliphatic carbocycles. The van der Waals surface area contributed by atoms with Crippen LogP contribution >= 0.6 is 0 Å². The zero-order valence-corrected chi connectivity index (χ0v) is 16.0. The molecule has 1 aliphatic rings. The molecule has 1 heterocycles. The average molecular weight is 392 g/mol. The summed E-state index contributed by atoms with van der Waals surface area (Å²) < 4.78 is 27.6. The highest BCUT2D eigenvalue weighted by molar-refractivity contribution is 5.84. The van der Waals surface area contributed by atoms with Crippen LogP contribution in [0.2, 0.25) is 0 Å². The number of benzene rings is 3.